The molecule has 0 radical (unpaired) electrons. The number of rotatable bonds is 12. The number of methoxy groups -OCH3 is 2. The van der Waals surface area contributed by atoms with E-state index in [2.05, 4.69) is 22.1 Å². The molecule has 10 rings (SSSR count). The van der Waals surface area contributed by atoms with Gasteiger partial charge in [0.1, 0.15) is 29.9 Å². The topological polar surface area (TPSA) is 183 Å². The maximum absolute atomic E-state index is 16.1. The fraction of sp³-hybridized carbons (Fsp3) is 0.327. The summed E-state index contributed by atoms with van der Waals surface area (Å²) >= 11 is 0. The molecule has 0 saturated carbocycles. The molecule has 5 aromatic rings. The molecule has 0 unspecified atom stereocenters. The number of amides is 2. The van der Waals surface area contributed by atoms with Gasteiger partial charge in [-0.25, -0.2) is 0 Å². The first kappa shape index (κ1) is 47.0. The fourth-order valence-electron chi connectivity index (χ4n) is 11.0. The van der Waals surface area contributed by atoms with E-state index in [1.165, 1.54) is 14.2 Å². The standard InChI is InChI=1S/C55H52N4O12/c1-66-51(62)40(52(63)67-2)18-9-11-34-19-21-42-41(29-34)55(54(65)56-42)45(50(61)58-25-23-57(24-26-58)32-35-20-22-43-44(30-35)70-33-69-43)47-53(64)71-48(37-14-7-4-8-15-37)46(36-12-5-3-6-13-36)59(47)49(55)38-16-10-17-39(31-38)68-28-27-60/h3-8,10,12-17,19-22,29-31,40,45-49,60H,18,23-28,32-33H2,1-2H3,(H,56,65)/t45-,46-,47-,48+,49+,55-/m0/s1. The zero-order valence-corrected chi connectivity index (χ0v) is 39.2. The number of morpholine rings is 1. The van der Waals surface area contributed by atoms with Crippen LogP contribution in [0.2, 0.25) is 0 Å². The largest absolute Gasteiger partial charge is 0.491 e. The Kier molecular flexibility index (Phi) is 13.2. The molecular weight excluding hydrogens is 909 g/mol. The van der Waals surface area contributed by atoms with Gasteiger partial charge in [-0.1, -0.05) is 90.7 Å². The molecule has 5 aromatic carbocycles. The number of hydrogen-bond donors (Lipinski definition) is 2. The highest BCUT2D eigenvalue weighted by molar-refractivity contribution is 6.12. The number of esters is 3. The maximum atomic E-state index is 16.1. The van der Waals surface area contributed by atoms with Crippen LogP contribution in [0.25, 0.3) is 0 Å². The summed E-state index contributed by atoms with van der Waals surface area (Å²) in [5.74, 6) is 2.03. The van der Waals surface area contributed by atoms with Crippen LogP contribution in [0.1, 0.15) is 58.0 Å². The molecule has 1 spiro atoms. The van der Waals surface area contributed by atoms with E-state index in [1.54, 1.807) is 41.3 Å². The lowest BCUT2D eigenvalue weighted by molar-refractivity contribution is -0.179. The van der Waals surface area contributed by atoms with Crippen LogP contribution < -0.4 is 19.5 Å². The first-order valence-corrected chi connectivity index (χ1v) is 23.6. The number of hydrogen-bond acceptors (Lipinski definition) is 14. The second kappa shape index (κ2) is 20.0. The molecular formula is C55H52N4O12. The number of fused-ring (bicyclic) bond motifs is 4. The molecule has 0 bridgehead atoms. The molecule has 0 aliphatic carbocycles. The Morgan fingerprint density at radius 2 is 1.49 bits per heavy atom. The van der Waals surface area contributed by atoms with Crippen LogP contribution in [0.5, 0.6) is 17.2 Å². The van der Waals surface area contributed by atoms with Crippen molar-refractivity contribution < 1.29 is 57.5 Å². The Bertz CT molecular complexity index is 2900. The molecule has 2 N–H and O–H groups in total. The monoisotopic (exact) mass is 960 g/mol. The predicted molar refractivity (Wildman–Crippen MR) is 256 cm³/mol. The van der Waals surface area contributed by atoms with Crippen LogP contribution in [0, 0.1) is 23.7 Å². The van der Waals surface area contributed by atoms with Gasteiger partial charge in [-0.15, -0.1) is 0 Å². The molecule has 0 aromatic heterocycles. The molecule has 6 atom stereocenters. The fourth-order valence-corrected chi connectivity index (χ4v) is 11.0. The summed E-state index contributed by atoms with van der Waals surface area (Å²) in [6.07, 6.45) is -1.09. The van der Waals surface area contributed by atoms with E-state index >= 15 is 14.4 Å². The van der Waals surface area contributed by atoms with Gasteiger partial charge in [0, 0.05) is 50.4 Å². The summed E-state index contributed by atoms with van der Waals surface area (Å²) in [5, 5.41) is 12.9. The normalized spacial score (nSPS) is 23.3. The van der Waals surface area contributed by atoms with Gasteiger partial charge in [-0.3, -0.25) is 33.8 Å². The number of aliphatic hydroxyl groups is 1. The van der Waals surface area contributed by atoms with Crippen LogP contribution >= 0.6 is 0 Å². The van der Waals surface area contributed by atoms with Crippen molar-refractivity contribution >= 4 is 35.4 Å². The lowest BCUT2D eigenvalue weighted by Crippen LogP contribution is -2.58. The van der Waals surface area contributed by atoms with E-state index in [4.69, 9.17) is 28.4 Å². The summed E-state index contributed by atoms with van der Waals surface area (Å²) in [5.41, 5.74) is 2.59. The van der Waals surface area contributed by atoms with E-state index in [0.717, 1.165) is 16.7 Å². The number of nitrogens with one attached hydrogen (secondary N) is 1. The van der Waals surface area contributed by atoms with E-state index in [-0.39, 0.29) is 26.4 Å². The highest BCUT2D eigenvalue weighted by Crippen LogP contribution is 2.65. The predicted octanol–water partition coefficient (Wildman–Crippen LogP) is 5.11. The van der Waals surface area contributed by atoms with Crippen LogP contribution in [0.15, 0.2) is 121 Å². The number of nitrogens with zero attached hydrogens (tertiary/aromatic N) is 3. The highest BCUT2D eigenvalue weighted by atomic mass is 16.7. The molecule has 3 saturated heterocycles. The average Bonchev–Trinajstić information content (AvgIpc) is 4.09. The number of aliphatic hydroxyl groups excluding tert-OH is 1. The Hall–Kier alpha value is -7.71. The van der Waals surface area contributed by atoms with Gasteiger partial charge in [0.2, 0.25) is 18.6 Å². The smallest absolute Gasteiger partial charge is 0.324 e. The number of carbonyl (C=O) groups excluding carboxylic acids is 5. The van der Waals surface area contributed by atoms with Crippen molar-refractivity contribution in [3.63, 3.8) is 0 Å². The van der Waals surface area contributed by atoms with Gasteiger partial charge in [-0.2, -0.15) is 0 Å². The quantitative estimate of drug-likeness (QED) is 0.0729. The second-order valence-corrected chi connectivity index (χ2v) is 18.0. The minimum Gasteiger partial charge on any atom is -0.491 e. The van der Waals surface area contributed by atoms with Gasteiger partial charge in [-0.05, 0) is 70.3 Å². The SMILES string of the molecule is COC(=O)C(CC#Cc1ccc2c(c1)[C@]1(C(=O)N2)[C@H](C(=O)N2CCN(Cc3ccc4c(c3)OCO4)CC2)[C@H]2C(=O)O[C@H](c3ccccc3)[C@H](c3ccccc3)N2[C@@H]1c1cccc(OCCO)c1)C(=O)OC. The number of carbonyl (C=O) groups is 5. The van der Waals surface area contributed by atoms with Gasteiger partial charge < -0.3 is 43.7 Å². The summed E-state index contributed by atoms with van der Waals surface area (Å²) in [6.45, 7) is 2.17. The van der Waals surface area contributed by atoms with Crippen molar-refractivity contribution in [3.8, 4) is 29.1 Å². The van der Waals surface area contributed by atoms with E-state index < -0.39 is 71.2 Å². The van der Waals surface area contributed by atoms with Crippen molar-refractivity contribution in [3.05, 3.63) is 155 Å². The van der Waals surface area contributed by atoms with Crippen molar-refractivity contribution in [2.24, 2.45) is 11.8 Å². The van der Waals surface area contributed by atoms with Crippen molar-refractivity contribution in [2.75, 3.05) is 65.7 Å². The average molecular weight is 961 g/mol. The van der Waals surface area contributed by atoms with Gasteiger partial charge in [0.25, 0.3) is 0 Å². The molecule has 364 valence electrons. The molecule has 16 heteroatoms. The number of piperazine rings is 1. The van der Waals surface area contributed by atoms with Gasteiger partial charge >= 0.3 is 17.9 Å². The lowest BCUT2D eigenvalue weighted by atomic mass is 9.65. The molecule has 16 nitrogen and oxygen atoms in total. The molecule has 5 aliphatic rings. The second-order valence-electron chi connectivity index (χ2n) is 18.0. The third-order valence-corrected chi connectivity index (χ3v) is 14.1. The summed E-state index contributed by atoms with van der Waals surface area (Å²) < 4.78 is 33.5. The number of cyclic esters (lactones) is 1. The Labute approximate surface area is 410 Å². The van der Waals surface area contributed by atoms with Crippen molar-refractivity contribution in [1.29, 1.82) is 0 Å². The number of anilines is 1. The zero-order chi connectivity index (χ0) is 49.2. The number of ether oxygens (including phenoxy) is 6. The maximum Gasteiger partial charge on any atom is 0.324 e. The first-order chi connectivity index (χ1) is 34.6. The lowest BCUT2D eigenvalue weighted by Gasteiger charge is -2.46. The number of benzene rings is 5. The van der Waals surface area contributed by atoms with Crippen molar-refractivity contribution in [2.45, 2.75) is 42.6 Å². The van der Waals surface area contributed by atoms with E-state index in [9.17, 15) is 14.7 Å². The third kappa shape index (κ3) is 8.60. The van der Waals surface area contributed by atoms with Gasteiger partial charge in [0.05, 0.1) is 38.8 Å². The zero-order valence-electron chi connectivity index (χ0n) is 39.2. The van der Waals surface area contributed by atoms with Crippen molar-refractivity contribution in [1.82, 2.24) is 14.7 Å². The first-order valence-electron chi connectivity index (χ1n) is 23.6. The van der Waals surface area contributed by atoms with Crippen LogP contribution in [0.4, 0.5) is 5.69 Å². The molecule has 3 fully saturated rings. The van der Waals surface area contributed by atoms with Crippen LogP contribution in [-0.4, -0.2) is 116 Å². The summed E-state index contributed by atoms with van der Waals surface area (Å²) in [7, 11) is 2.35. The van der Waals surface area contributed by atoms with Crippen LogP contribution in [-0.2, 0) is 50.1 Å². The Balaban J connectivity index is 1.13. The summed E-state index contributed by atoms with van der Waals surface area (Å²) in [4.78, 5) is 78.5. The Morgan fingerprint density at radius 3 is 2.21 bits per heavy atom. The molecule has 71 heavy (non-hydrogen) atoms. The van der Waals surface area contributed by atoms with Gasteiger partial charge in [0.15, 0.2) is 17.4 Å². The van der Waals surface area contributed by atoms with Crippen LogP contribution in [0.3, 0.4) is 0 Å². The molecule has 5 heterocycles. The minimum absolute atomic E-state index is 0.000562. The minimum atomic E-state index is -1.81. The highest BCUT2D eigenvalue weighted by Gasteiger charge is 2.74. The van der Waals surface area contributed by atoms with E-state index in [0.29, 0.717) is 72.4 Å². The molecule has 5 aliphatic heterocycles. The Morgan fingerprint density at radius 1 is 0.789 bits per heavy atom. The third-order valence-electron chi connectivity index (χ3n) is 14.1. The van der Waals surface area contributed by atoms with E-state index in [1.807, 2.05) is 89.8 Å². The molecule has 2 amide bonds. The summed E-state index contributed by atoms with van der Waals surface area (Å²) in [6, 6.07) is 34.3.